The lowest BCUT2D eigenvalue weighted by molar-refractivity contribution is -0.168. The minimum absolute atomic E-state index is 0.101. The van der Waals surface area contributed by atoms with Crippen molar-refractivity contribution >= 4 is 0 Å². The van der Waals surface area contributed by atoms with Gasteiger partial charge in [0.2, 0.25) is 0 Å². The highest BCUT2D eigenvalue weighted by atomic mass is 16.5. The topological polar surface area (TPSA) is 21.7 Å². The molecule has 3 heterocycles. The van der Waals surface area contributed by atoms with E-state index in [1.807, 2.05) is 6.07 Å². The molecule has 166 valence electrons. The van der Waals surface area contributed by atoms with Gasteiger partial charge in [0, 0.05) is 5.41 Å². The molecule has 0 amide bonds. The Bertz CT molecular complexity index is 913. The summed E-state index contributed by atoms with van der Waals surface area (Å²) < 4.78 is 13.1. The molecule has 0 saturated carbocycles. The number of hydrogen-bond donors (Lipinski definition) is 0. The van der Waals surface area contributed by atoms with Crippen LogP contribution < -0.4 is 0 Å². The van der Waals surface area contributed by atoms with E-state index in [0.717, 1.165) is 19.6 Å². The van der Waals surface area contributed by atoms with Crippen LogP contribution in [0.15, 0.2) is 91.0 Å². The quantitative estimate of drug-likeness (QED) is 0.412. The van der Waals surface area contributed by atoms with Gasteiger partial charge in [-0.3, -0.25) is 0 Å². The highest BCUT2D eigenvalue weighted by molar-refractivity contribution is 5.40. The average molecular weight is 428 g/mol. The van der Waals surface area contributed by atoms with Crippen LogP contribution in [0.5, 0.6) is 0 Å². The van der Waals surface area contributed by atoms with Crippen molar-refractivity contribution in [3.63, 3.8) is 0 Å². The molecule has 3 aliphatic heterocycles. The third-order valence-corrected chi connectivity index (χ3v) is 7.49. The normalized spacial score (nSPS) is 22.7. The van der Waals surface area contributed by atoms with E-state index in [-0.39, 0.29) is 5.41 Å². The van der Waals surface area contributed by atoms with Gasteiger partial charge in [0.1, 0.15) is 5.60 Å². The molecule has 0 atom stereocenters. The van der Waals surface area contributed by atoms with Crippen molar-refractivity contribution in [2.75, 3.05) is 32.8 Å². The molecule has 0 aliphatic carbocycles. The Hall–Kier alpha value is -2.46. The second kappa shape index (κ2) is 9.58. The molecule has 2 bridgehead atoms. The summed E-state index contributed by atoms with van der Waals surface area (Å²) in [4.78, 5) is 2.60. The van der Waals surface area contributed by atoms with Gasteiger partial charge in [-0.05, 0) is 55.6 Å². The van der Waals surface area contributed by atoms with Crippen molar-refractivity contribution in [3.8, 4) is 0 Å². The van der Waals surface area contributed by atoms with E-state index in [4.69, 9.17) is 9.47 Å². The van der Waals surface area contributed by atoms with Gasteiger partial charge in [-0.2, -0.15) is 0 Å². The zero-order chi connectivity index (χ0) is 21.7. The monoisotopic (exact) mass is 427 g/mol. The molecule has 3 aromatic carbocycles. The Morgan fingerprint density at radius 3 is 1.69 bits per heavy atom. The second-order valence-corrected chi connectivity index (χ2v) is 9.17. The summed E-state index contributed by atoms with van der Waals surface area (Å²) in [5.74, 6) is 0. The summed E-state index contributed by atoms with van der Waals surface area (Å²) in [5, 5.41) is 0. The first-order chi connectivity index (χ1) is 15.8. The Morgan fingerprint density at radius 1 is 0.656 bits per heavy atom. The molecule has 3 aliphatic rings. The van der Waals surface area contributed by atoms with Crippen LogP contribution in [-0.2, 0) is 21.7 Å². The number of ether oxygens (including phenoxy) is 2. The number of benzene rings is 3. The van der Waals surface area contributed by atoms with E-state index in [9.17, 15) is 0 Å². The molecule has 0 aromatic heterocycles. The zero-order valence-corrected chi connectivity index (χ0v) is 18.8. The third-order valence-electron chi connectivity index (χ3n) is 7.49. The molecule has 0 spiro atoms. The highest BCUT2D eigenvalue weighted by Crippen LogP contribution is 2.57. The maximum Gasteiger partial charge on any atom is 0.124 e. The summed E-state index contributed by atoms with van der Waals surface area (Å²) in [6, 6.07) is 32.2. The average Bonchev–Trinajstić information content (AvgIpc) is 2.89. The van der Waals surface area contributed by atoms with Crippen molar-refractivity contribution in [2.45, 2.75) is 31.5 Å². The molecule has 3 fully saturated rings. The smallest absolute Gasteiger partial charge is 0.124 e. The Morgan fingerprint density at radius 2 is 1.16 bits per heavy atom. The van der Waals surface area contributed by atoms with E-state index in [0.29, 0.717) is 19.8 Å². The summed E-state index contributed by atoms with van der Waals surface area (Å²) in [5.41, 5.74) is 3.37. The first kappa shape index (κ1) is 21.4. The fraction of sp³-hybridized carbons (Fsp3) is 0.379. The summed E-state index contributed by atoms with van der Waals surface area (Å²) in [6.07, 6.45) is 3.50. The van der Waals surface area contributed by atoms with Crippen LogP contribution in [0.25, 0.3) is 0 Å². The molecule has 0 unspecified atom stereocenters. The third kappa shape index (κ3) is 4.01. The number of hydrogen-bond acceptors (Lipinski definition) is 3. The van der Waals surface area contributed by atoms with Crippen LogP contribution in [0, 0.1) is 5.41 Å². The lowest BCUT2D eigenvalue weighted by atomic mass is 9.57. The molecule has 3 saturated heterocycles. The van der Waals surface area contributed by atoms with Gasteiger partial charge in [0.05, 0.1) is 19.8 Å². The Labute approximate surface area is 192 Å². The van der Waals surface area contributed by atoms with Gasteiger partial charge < -0.3 is 14.4 Å². The molecular weight excluding hydrogens is 394 g/mol. The van der Waals surface area contributed by atoms with Crippen LogP contribution in [0.3, 0.4) is 0 Å². The van der Waals surface area contributed by atoms with Gasteiger partial charge in [-0.15, -0.1) is 0 Å². The summed E-state index contributed by atoms with van der Waals surface area (Å²) >= 11 is 0. The predicted octanol–water partition coefficient (Wildman–Crippen LogP) is 5.65. The highest BCUT2D eigenvalue weighted by Gasteiger charge is 2.57. The van der Waals surface area contributed by atoms with Crippen LogP contribution in [0.2, 0.25) is 0 Å². The van der Waals surface area contributed by atoms with Crippen molar-refractivity contribution in [1.82, 2.24) is 4.90 Å². The van der Waals surface area contributed by atoms with E-state index in [1.165, 1.54) is 36.0 Å². The molecule has 3 aromatic rings. The largest absolute Gasteiger partial charge is 0.374 e. The van der Waals surface area contributed by atoms with Crippen molar-refractivity contribution in [1.29, 1.82) is 0 Å². The van der Waals surface area contributed by atoms with Crippen LogP contribution in [0.4, 0.5) is 0 Å². The number of rotatable bonds is 9. The maximum absolute atomic E-state index is 7.05. The van der Waals surface area contributed by atoms with Gasteiger partial charge in [-0.1, -0.05) is 91.0 Å². The number of piperidine rings is 3. The minimum Gasteiger partial charge on any atom is -0.374 e. The molecule has 32 heavy (non-hydrogen) atoms. The molecule has 3 heteroatoms. The first-order valence-corrected chi connectivity index (χ1v) is 11.9. The maximum atomic E-state index is 7.05. The van der Waals surface area contributed by atoms with E-state index in [1.54, 1.807) is 0 Å². The van der Waals surface area contributed by atoms with Crippen molar-refractivity contribution < 1.29 is 9.47 Å². The molecule has 0 N–H and O–H groups in total. The first-order valence-electron chi connectivity index (χ1n) is 11.9. The van der Waals surface area contributed by atoms with E-state index >= 15 is 0 Å². The van der Waals surface area contributed by atoms with Gasteiger partial charge in [0.15, 0.2) is 0 Å². The zero-order valence-electron chi connectivity index (χ0n) is 18.8. The van der Waals surface area contributed by atoms with Gasteiger partial charge in [0.25, 0.3) is 0 Å². The molecule has 6 rings (SSSR count). The van der Waals surface area contributed by atoms with Crippen molar-refractivity contribution in [2.24, 2.45) is 5.41 Å². The molecule has 3 nitrogen and oxygen atoms in total. The predicted molar refractivity (Wildman–Crippen MR) is 128 cm³/mol. The SMILES string of the molecule is c1ccc(COCCOC(c2ccccc2)(c2ccccc2)C23CCN(CC2)CC3)cc1. The Balaban J connectivity index is 1.45. The standard InChI is InChI=1S/C29H33NO2/c1-4-10-25(11-5-1)24-31-22-23-32-29(26-12-6-2-7-13-26,27-14-8-3-9-15-27)28-16-19-30(20-17-28)21-18-28/h1-15H,16-24H2. The number of fused-ring (bicyclic) bond motifs is 3. The summed E-state index contributed by atoms with van der Waals surface area (Å²) in [7, 11) is 0. The van der Waals surface area contributed by atoms with E-state index in [2.05, 4.69) is 89.8 Å². The molecular formula is C29H33NO2. The Kier molecular flexibility index (Phi) is 6.40. The van der Waals surface area contributed by atoms with E-state index < -0.39 is 5.60 Å². The van der Waals surface area contributed by atoms with Crippen LogP contribution in [0.1, 0.15) is 36.0 Å². The fourth-order valence-corrected chi connectivity index (χ4v) is 5.82. The molecule has 0 radical (unpaired) electrons. The van der Waals surface area contributed by atoms with Crippen molar-refractivity contribution in [3.05, 3.63) is 108 Å². The minimum atomic E-state index is -0.460. The van der Waals surface area contributed by atoms with Gasteiger partial charge >= 0.3 is 0 Å². The second-order valence-electron chi connectivity index (χ2n) is 9.17. The lowest BCUT2D eigenvalue weighted by Gasteiger charge is -2.58. The summed E-state index contributed by atoms with van der Waals surface area (Å²) in [6.45, 7) is 5.26. The fourth-order valence-electron chi connectivity index (χ4n) is 5.82. The number of nitrogens with zero attached hydrogens (tertiary/aromatic N) is 1. The van der Waals surface area contributed by atoms with Crippen LogP contribution in [-0.4, -0.2) is 37.7 Å². The van der Waals surface area contributed by atoms with Gasteiger partial charge in [-0.25, -0.2) is 0 Å². The lowest BCUT2D eigenvalue weighted by Crippen LogP contribution is -2.59. The van der Waals surface area contributed by atoms with Crippen LogP contribution >= 0.6 is 0 Å².